The van der Waals surface area contributed by atoms with Crippen molar-refractivity contribution >= 4 is 5.91 Å². The van der Waals surface area contributed by atoms with Gasteiger partial charge in [0.15, 0.2) is 0 Å². The van der Waals surface area contributed by atoms with Crippen LogP contribution in [0.4, 0.5) is 0 Å². The Hall–Kier alpha value is -0.610. The van der Waals surface area contributed by atoms with Crippen LogP contribution in [-0.4, -0.2) is 49.7 Å². The molecule has 0 aromatic heterocycles. The molecular weight excluding hydrogens is 192 g/mol. The van der Waals surface area contributed by atoms with E-state index in [2.05, 4.69) is 5.32 Å². The summed E-state index contributed by atoms with van der Waals surface area (Å²) < 4.78 is 0. The number of hydrogen-bond acceptors (Lipinski definition) is 3. The molecule has 0 radical (unpaired) electrons. The molecule has 2 N–H and O–H groups in total. The highest BCUT2D eigenvalue weighted by atomic mass is 16.3. The van der Waals surface area contributed by atoms with Crippen LogP contribution in [0.15, 0.2) is 0 Å². The highest BCUT2D eigenvalue weighted by molar-refractivity contribution is 5.77. The number of aliphatic hydroxyl groups excluding tert-OH is 1. The molecule has 1 aliphatic rings. The molecule has 88 valence electrons. The minimum Gasteiger partial charge on any atom is -0.396 e. The lowest BCUT2D eigenvalue weighted by molar-refractivity contribution is -0.121. The Bertz CT molecular complexity index is 207. The van der Waals surface area contributed by atoms with Gasteiger partial charge < -0.3 is 15.3 Å². The van der Waals surface area contributed by atoms with Crippen LogP contribution in [0.25, 0.3) is 0 Å². The van der Waals surface area contributed by atoms with Crippen molar-refractivity contribution in [2.45, 2.75) is 19.3 Å². The molecule has 0 saturated heterocycles. The van der Waals surface area contributed by atoms with E-state index in [1.54, 1.807) is 0 Å². The Kier molecular flexibility index (Phi) is 5.05. The maximum atomic E-state index is 11.4. The van der Waals surface area contributed by atoms with Crippen LogP contribution < -0.4 is 5.32 Å². The fraction of sp³-hybridized carbons (Fsp3) is 0.909. The monoisotopic (exact) mass is 214 g/mol. The van der Waals surface area contributed by atoms with Gasteiger partial charge in [-0.25, -0.2) is 0 Å². The van der Waals surface area contributed by atoms with Gasteiger partial charge in [0.05, 0.1) is 6.54 Å². The predicted octanol–water partition coefficient (Wildman–Crippen LogP) is 0.0728. The maximum Gasteiger partial charge on any atom is 0.234 e. The number of amides is 1. The molecule has 0 aromatic carbocycles. The normalized spacial score (nSPS) is 25.9. The number of likely N-dealkylation sites (N-methyl/N-ethyl adjacent to an activating group) is 1. The molecule has 0 aliphatic heterocycles. The van der Waals surface area contributed by atoms with Crippen molar-refractivity contribution in [3.8, 4) is 0 Å². The van der Waals surface area contributed by atoms with Crippen molar-refractivity contribution in [1.82, 2.24) is 10.2 Å². The van der Waals surface area contributed by atoms with Gasteiger partial charge in [0.1, 0.15) is 0 Å². The number of rotatable bonds is 5. The van der Waals surface area contributed by atoms with E-state index in [0.29, 0.717) is 18.4 Å². The van der Waals surface area contributed by atoms with Gasteiger partial charge in [-0.2, -0.15) is 0 Å². The second-order valence-electron chi connectivity index (χ2n) is 4.68. The average Bonchev–Trinajstić information content (AvgIpc) is 2.60. The second kappa shape index (κ2) is 6.08. The van der Waals surface area contributed by atoms with Crippen LogP contribution in [0.3, 0.4) is 0 Å². The Morgan fingerprint density at radius 3 is 2.67 bits per heavy atom. The van der Waals surface area contributed by atoms with E-state index in [4.69, 9.17) is 5.11 Å². The third-order valence-electron chi connectivity index (χ3n) is 3.07. The van der Waals surface area contributed by atoms with E-state index in [-0.39, 0.29) is 12.5 Å². The van der Waals surface area contributed by atoms with E-state index in [1.807, 2.05) is 19.0 Å². The van der Waals surface area contributed by atoms with E-state index < -0.39 is 0 Å². The zero-order valence-electron chi connectivity index (χ0n) is 9.70. The zero-order valence-corrected chi connectivity index (χ0v) is 9.70. The quantitative estimate of drug-likeness (QED) is 0.681. The van der Waals surface area contributed by atoms with Crippen molar-refractivity contribution in [3.05, 3.63) is 0 Å². The summed E-state index contributed by atoms with van der Waals surface area (Å²) in [6, 6.07) is 0. The lowest BCUT2D eigenvalue weighted by Gasteiger charge is -2.18. The van der Waals surface area contributed by atoms with Gasteiger partial charge in [0, 0.05) is 13.2 Å². The molecular formula is C11H22N2O2. The van der Waals surface area contributed by atoms with E-state index in [9.17, 15) is 4.79 Å². The number of hydrogen-bond donors (Lipinski definition) is 2. The van der Waals surface area contributed by atoms with Gasteiger partial charge in [-0.1, -0.05) is 6.42 Å². The molecule has 2 atom stereocenters. The van der Waals surface area contributed by atoms with Crippen LogP contribution in [0.5, 0.6) is 0 Å². The van der Waals surface area contributed by atoms with Gasteiger partial charge in [-0.3, -0.25) is 4.79 Å². The van der Waals surface area contributed by atoms with Crippen LogP contribution in [0, 0.1) is 11.8 Å². The predicted molar refractivity (Wildman–Crippen MR) is 59.5 cm³/mol. The summed E-state index contributed by atoms with van der Waals surface area (Å²) in [5.41, 5.74) is 0. The van der Waals surface area contributed by atoms with Gasteiger partial charge in [-0.15, -0.1) is 0 Å². The van der Waals surface area contributed by atoms with Crippen molar-refractivity contribution in [3.63, 3.8) is 0 Å². The number of carbonyl (C=O) groups is 1. The first-order valence-corrected chi connectivity index (χ1v) is 5.65. The molecule has 0 heterocycles. The summed E-state index contributed by atoms with van der Waals surface area (Å²) in [5, 5.41) is 12.1. The van der Waals surface area contributed by atoms with Crippen molar-refractivity contribution in [2.24, 2.45) is 11.8 Å². The summed E-state index contributed by atoms with van der Waals surface area (Å²) in [5.74, 6) is 0.939. The van der Waals surface area contributed by atoms with Crippen molar-refractivity contribution in [1.29, 1.82) is 0 Å². The highest BCUT2D eigenvalue weighted by Gasteiger charge is 2.26. The zero-order chi connectivity index (χ0) is 11.3. The molecule has 4 heteroatoms. The van der Waals surface area contributed by atoms with Gasteiger partial charge in [0.2, 0.25) is 5.91 Å². The summed E-state index contributed by atoms with van der Waals surface area (Å²) in [7, 11) is 3.76. The summed E-state index contributed by atoms with van der Waals surface area (Å²) in [6.45, 7) is 1.42. The highest BCUT2D eigenvalue weighted by Crippen LogP contribution is 2.30. The van der Waals surface area contributed by atoms with E-state index in [1.165, 1.54) is 6.42 Å². The minimum absolute atomic E-state index is 0.0728. The number of nitrogens with zero attached hydrogens (tertiary/aromatic N) is 1. The molecule has 15 heavy (non-hydrogen) atoms. The molecule has 1 amide bonds. The third-order valence-corrected chi connectivity index (χ3v) is 3.07. The Morgan fingerprint density at radius 2 is 2.07 bits per heavy atom. The number of aliphatic hydroxyl groups is 1. The molecule has 0 bridgehead atoms. The molecule has 1 aliphatic carbocycles. The van der Waals surface area contributed by atoms with Crippen molar-refractivity contribution in [2.75, 3.05) is 33.8 Å². The minimum atomic E-state index is 0.0728. The van der Waals surface area contributed by atoms with Gasteiger partial charge in [0.25, 0.3) is 0 Å². The fourth-order valence-electron chi connectivity index (χ4n) is 2.21. The Balaban J connectivity index is 2.21. The van der Waals surface area contributed by atoms with Crippen LogP contribution >= 0.6 is 0 Å². The Morgan fingerprint density at radius 1 is 1.40 bits per heavy atom. The maximum absolute atomic E-state index is 11.4. The first-order valence-electron chi connectivity index (χ1n) is 5.65. The smallest absolute Gasteiger partial charge is 0.234 e. The van der Waals surface area contributed by atoms with Crippen LogP contribution in [-0.2, 0) is 4.79 Å². The third kappa shape index (κ3) is 4.18. The SMILES string of the molecule is CN(C)CC(=O)NCC1CCCC1CO. The van der Waals surface area contributed by atoms with Crippen LogP contribution in [0.1, 0.15) is 19.3 Å². The fourth-order valence-corrected chi connectivity index (χ4v) is 2.21. The summed E-state index contributed by atoms with van der Waals surface area (Å²) in [6.07, 6.45) is 3.41. The first kappa shape index (κ1) is 12.5. The topological polar surface area (TPSA) is 52.6 Å². The molecule has 0 spiro atoms. The number of carbonyl (C=O) groups excluding carboxylic acids is 1. The second-order valence-corrected chi connectivity index (χ2v) is 4.68. The molecule has 1 saturated carbocycles. The lowest BCUT2D eigenvalue weighted by atomic mass is 9.97. The first-order chi connectivity index (χ1) is 7.13. The standard InChI is InChI=1S/C11H22N2O2/c1-13(2)7-11(15)12-6-9-4-3-5-10(9)8-14/h9-10,14H,3-8H2,1-2H3,(H,12,15). The molecule has 4 nitrogen and oxygen atoms in total. The van der Waals surface area contributed by atoms with Gasteiger partial charge >= 0.3 is 0 Å². The van der Waals surface area contributed by atoms with E-state index >= 15 is 0 Å². The van der Waals surface area contributed by atoms with Gasteiger partial charge in [-0.05, 0) is 38.8 Å². The average molecular weight is 214 g/mol. The van der Waals surface area contributed by atoms with E-state index in [0.717, 1.165) is 19.4 Å². The van der Waals surface area contributed by atoms with Crippen molar-refractivity contribution < 1.29 is 9.90 Å². The molecule has 1 fully saturated rings. The summed E-state index contributed by atoms with van der Waals surface area (Å²) in [4.78, 5) is 13.2. The largest absolute Gasteiger partial charge is 0.396 e. The molecule has 2 unspecified atom stereocenters. The lowest BCUT2D eigenvalue weighted by Crippen LogP contribution is -2.37. The molecule has 0 aromatic rings. The molecule has 1 rings (SSSR count). The summed E-state index contributed by atoms with van der Waals surface area (Å²) >= 11 is 0. The van der Waals surface area contributed by atoms with Crippen LogP contribution in [0.2, 0.25) is 0 Å². The Labute approximate surface area is 91.6 Å². The number of nitrogens with one attached hydrogen (secondary N) is 1.